The summed E-state index contributed by atoms with van der Waals surface area (Å²) < 4.78 is 5.54. The van der Waals surface area contributed by atoms with Gasteiger partial charge in [0.05, 0.1) is 13.2 Å². The highest BCUT2D eigenvalue weighted by Gasteiger charge is 2.13. The molecule has 32 heavy (non-hydrogen) atoms. The Morgan fingerprint density at radius 3 is 2.38 bits per heavy atom. The highest BCUT2D eigenvalue weighted by Crippen LogP contribution is 2.17. The van der Waals surface area contributed by atoms with Crippen molar-refractivity contribution in [1.82, 2.24) is 4.90 Å². The number of hydrogen-bond donors (Lipinski definition) is 2. The molecule has 6 heteroatoms. The number of benzene rings is 3. The molecule has 166 valence electrons. The van der Waals surface area contributed by atoms with Gasteiger partial charge in [-0.3, -0.25) is 9.59 Å². The SMILES string of the molecule is CCCOc1ccc(NC(=O)CNc2cccc(C(=O)N(C)Cc3ccccc3)c2)cc1. The van der Waals surface area contributed by atoms with Crippen LogP contribution < -0.4 is 15.4 Å². The number of nitrogens with one attached hydrogen (secondary N) is 2. The van der Waals surface area contributed by atoms with Crippen molar-refractivity contribution >= 4 is 23.2 Å². The van der Waals surface area contributed by atoms with E-state index in [1.807, 2.05) is 60.7 Å². The molecule has 3 aromatic rings. The van der Waals surface area contributed by atoms with E-state index in [9.17, 15) is 9.59 Å². The van der Waals surface area contributed by atoms with Gasteiger partial charge in [-0.2, -0.15) is 0 Å². The second-order valence-corrected chi connectivity index (χ2v) is 7.50. The van der Waals surface area contributed by atoms with Crippen LogP contribution in [-0.2, 0) is 11.3 Å². The lowest BCUT2D eigenvalue weighted by Crippen LogP contribution is -2.26. The van der Waals surface area contributed by atoms with E-state index >= 15 is 0 Å². The molecule has 0 spiro atoms. The molecule has 0 aliphatic rings. The van der Waals surface area contributed by atoms with E-state index in [4.69, 9.17) is 4.74 Å². The predicted octanol–water partition coefficient (Wildman–Crippen LogP) is 4.80. The number of carbonyl (C=O) groups excluding carboxylic acids is 2. The van der Waals surface area contributed by atoms with Crippen LogP contribution in [0.15, 0.2) is 78.9 Å². The number of anilines is 2. The molecular formula is C26H29N3O3. The summed E-state index contributed by atoms with van der Waals surface area (Å²) in [6.07, 6.45) is 0.945. The molecule has 0 aromatic heterocycles. The van der Waals surface area contributed by atoms with Crippen molar-refractivity contribution < 1.29 is 14.3 Å². The van der Waals surface area contributed by atoms with Gasteiger partial charge in [0, 0.05) is 30.5 Å². The van der Waals surface area contributed by atoms with Gasteiger partial charge in [0.15, 0.2) is 0 Å². The van der Waals surface area contributed by atoms with Gasteiger partial charge in [0.25, 0.3) is 5.91 Å². The summed E-state index contributed by atoms with van der Waals surface area (Å²) in [5.41, 5.74) is 3.05. The van der Waals surface area contributed by atoms with Gasteiger partial charge < -0.3 is 20.3 Å². The molecule has 3 aromatic carbocycles. The quantitative estimate of drug-likeness (QED) is 0.484. The number of rotatable bonds is 10. The van der Waals surface area contributed by atoms with Gasteiger partial charge in [0.2, 0.25) is 5.91 Å². The topological polar surface area (TPSA) is 70.7 Å². The third-order valence-electron chi connectivity index (χ3n) is 4.78. The zero-order chi connectivity index (χ0) is 22.8. The molecule has 0 saturated heterocycles. The van der Waals surface area contributed by atoms with Gasteiger partial charge in [-0.25, -0.2) is 0 Å². The van der Waals surface area contributed by atoms with Gasteiger partial charge >= 0.3 is 0 Å². The van der Waals surface area contributed by atoms with Gasteiger partial charge in [-0.1, -0.05) is 43.3 Å². The smallest absolute Gasteiger partial charge is 0.253 e. The molecule has 0 fully saturated rings. The van der Waals surface area contributed by atoms with Gasteiger partial charge in [-0.15, -0.1) is 0 Å². The maximum Gasteiger partial charge on any atom is 0.253 e. The minimum absolute atomic E-state index is 0.0765. The van der Waals surface area contributed by atoms with Crippen molar-refractivity contribution in [2.75, 3.05) is 30.8 Å². The predicted molar refractivity (Wildman–Crippen MR) is 128 cm³/mol. The summed E-state index contributed by atoms with van der Waals surface area (Å²) in [6.45, 7) is 3.34. The Balaban J connectivity index is 1.51. The Kier molecular flexibility index (Phi) is 8.26. The molecule has 3 rings (SSSR count). The maximum atomic E-state index is 12.8. The van der Waals surface area contributed by atoms with Crippen molar-refractivity contribution in [3.63, 3.8) is 0 Å². The Morgan fingerprint density at radius 1 is 0.906 bits per heavy atom. The van der Waals surface area contributed by atoms with E-state index in [1.165, 1.54) is 0 Å². The minimum Gasteiger partial charge on any atom is -0.494 e. The monoisotopic (exact) mass is 431 g/mol. The Labute approximate surface area is 189 Å². The van der Waals surface area contributed by atoms with Crippen molar-refractivity contribution in [3.8, 4) is 5.75 Å². The molecule has 2 N–H and O–H groups in total. The van der Waals surface area contributed by atoms with Crippen LogP contribution in [-0.4, -0.2) is 36.9 Å². The normalized spacial score (nSPS) is 10.3. The van der Waals surface area contributed by atoms with Crippen LogP contribution >= 0.6 is 0 Å². The lowest BCUT2D eigenvalue weighted by molar-refractivity contribution is -0.114. The number of nitrogens with zero attached hydrogens (tertiary/aromatic N) is 1. The standard InChI is InChI=1S/C26H29N3O3/c1-3-16-32-24-14-12-22(13-15-24)28-25(30)18-27-23-11-7-10-21(17-23)26(31)29(2)19-20-8-5-4-6-9-20/h4-15,17,27H,3,16,18-19H2,1-2H3,(H,28,30). The molecule has 6 nitrogen and oxygen atoms in total. The Bertz CT molecular complexity index is 1020. The molecule has 0 saturated carbocycles. The summed E-state index contributed by atoms with van der Waals surface area (Å²) >= 11 is 0. The fourth-order valence-electron chi connectivity index (χ4n) is 3.15. The van der Waals surface area contributed by atoms with Crippen LogP contribution in [0.25, 0.3) is 0 Å². The third kappa shape index (κ3) is 6.87. The van der Waals surface area contributed by atoms with Crippen LogP contribution in [0, 0.1) is 0 Å². The van der Waals surface area contributed by atoms with E-state index in [2.05, 4.69) is 17.6 Å². The molecular weight excluding hydrogens is 402 g/mol. The van der Waals surface area contributed by atoms with E-state index in [-0.39, 0.29) is 18.4 Å². The zero-order valence-corrected chi connectivity index (χ0v) is 18.5. The van der Waals surface area contributed by atoms with Crippen molar-refractivity contribution in [2.45, 2.75) is 19.9 Å². The molecule has 0 aliphatic heterocycles. The van der Waals surface area contributed by atoms with Crippen LogP contribution in [0.2, 0.25) is 0 Å². The van der Waals surface area contributed by atoms with Crippen LogP contribution in [0.4, 0.5) is 11.4 Å². The average molecular weight is 432 g/mol. The van der Waals surface area contributed by atoms with E-state index in [0.717, 1.165) is 17.7 Å². The average Bonchev–Trinajstić information content (AvgIpc) is 2.82. The largest absolute Gasteiger partial charge is 0.494 e. The summed E-state index contributed by atoms with van der Waals surface area (Å²) in [4.78, 5) is 26.8. The van der Waals surface area contributed by atoms with E-state index < -0.39 is 0 Å². The summed E-state index contributed by atoms with van der Waals surface area (Å²) in [5, 5.41) is 5.93. The fraction of sp³-hybridized carbons (Fsp3) is 0.231. The minimum atomic E-state index is -0.176. The van der Waals surface area contributed by atoms with Gasteiger partial charge in [-0.05, 0) is 54.4 Å². The number of carbonyl (C=O) groups is 2. The highest BCUT2D eigenvalue weighted by molar-refractivity contribution is 5.96. The van der Waals surface area contributed by atoms with Crippen molar-refractivity contribution in [2.24, 2.45) is 0 Å². The van der Waals surface area contributed by atoms with E-state index in [1.54, 1.807) is 30.1 Å². The van der Waals surface area contributed by atoms with Crippen LogP contribution in [0.1, 0.15) is 29.3 Å². The number of hydrogen-bond acceptors (Lipinski definition) is 4. The molecule has 2 amide bonds. The first-order valence-corrected chi connectivity index (χ1v) is 10.7. The maximum absolute atomic E-state index is 12.8. The van der Waals surface area contributed by atoms with Crippen LogP contribution in [0.5, 0.6) is 5.75 Å². The Morgan fingerprint density at radius 2 is 1.66 bits per heavy atom. The fourth-order valence-corrected chi connectivity index (χ4v) is 3.15. The van der Waals surface area contributed by atoms with E-state index in [0.29, 0.717) is 30.1 Å². The molecule has 0 bridgehead atoms. The Hall–Kier alpha value is -3.80. The van der Waals surface area contributed by atoms with Crippen LogP contribution in [0.3, 0.4) is 0 Å². The number of ether oxygens (including phenoxy) is 1. The second-order valence-electron chi connectivity index (χ2n) is 7.50. The number of amides is 2. The first kappa shape index (κ1) is 22.9. The molecule has 0 heterocycles. The van der Waals surface area contributed by atoms with Gasteiger partial charge in [0.1, 0.15) is 5.75 Å². The summed E-state index contributed by atoms with van der Waals surface area (Å²) in [5.74, 6) is 0.527. The van der Waals surface area contributed by atoms with Crippen molar-refractivity contribution in [1.29, 1.82) is 0 Å². The highest BCUT2D eigenvalue weighted by atomic mass is 16.5. The first-order chi connectivity index (χ1) is 15.5. The lowest BCUT2D eigenvalue weighted by Gasteiger charge is -2.18. The lowest BCUT2D eigenvalue weighted by atomic mass is 10.1. The molecule has 0 atom stereocenters. The second kappa shape index (κ2) is 11.6. The summed E-state index contributed by atoms with van der Waals surface area (Å²) in [6, 6.07) is 24.3. The summed E-state index contributed by atoms with van der Waals surface area (Å²) in [7, 11) is 1.78. The molecule has 0 aliphatic carbocycles. The molecule has 0 unspecified atom stereocenters. The third-order valence-corrected chi connectivity index (χ3v) is 4.78. The molecule has 0 radical (unpaired) electrons. The zero-order valence-electron chi connectivity index (χ0n) is 18.5. The van der Waals surface area contributed by atoms with Crippen molar-refractivity contribution in [3.05, 3.63) is 90.0 Å². The first-order valence-electron chi connectivity index (χ1n) is 10.7.